The van der Waals surface area contributed by atoms with Crippen LogP contribution >= 0.6 is 0 Å². The summed E-state index contributed by atoms with van der Waals surface area (Å²) in [7, 11) is 1.48. The molecule has 2 rings (SSSR count). The molecule has 2 amide bonds. The van der Waals surface area contributed by atoms with Gasteiger partial charge in [-0.25, -0.2) is 4.79 Å². The molecular weight excluding hydrogens is 422 g/mol. The Bertz CT molecular complexity index is 718. The molecule has 188 valence electrons. The van der Waals surface area contributed by atoms with Crippen molar-refractivity contribution in [1.29, 1.82) is 0 Å². The molecule has 33 heavy (non-hydrogen) atoms. The van der Waals surface area contributed by atoms with Crippen LogP contribution in [0.5, 0.6) is 11.5 Å². The monoisotopic (exact) mass is 465 g/mol. The van der Waals surface area contributed by atoms with E-state index in [-0.39, 0.29) is 29.9 Å². The van der Waals surface area contributed by atoms with Crippen molar-refractivity contribution in [2.75, 3.05) is 26.7 Å². The molecule has 1 fully saturated rings. The minimum absolute atomic E-state index is 0.0102. The molecule has 0 bridgehead atoms. The van der Waals surface area contributed by atoms with E-state index in [0.717, 1.165) is 44.3 Å². The maximum absolute atomic E-state index is 12.2. The molecule has 1 aliphatic heterocycles. The van der Waals surface area contributed by atoms with E-state index in [4.69, 9.17) is 9.47 Å². The Morgan fingerprint density at radius 1 is 1.21 bits per heavy atom. The number of nitrogens with zero attached hydrogens (tertiary/aromatic N) is 1. The second-order valence-corrected chi connectivity index (χ2v) is 8.53. The summed E-state index contributed by atoms with van der Waals surface area (Å²) in [6, 6.07) is 4.81. The number of carbonyl (C=O) groups is 2. The lowest BCUT2D eigenvalue weighted by Gasteiger charge is -2.32. The number of carbonyl (C=O) groups excluding carboxylic acids is 2. The van der Waals surface area contributed by atoms with Gasteiger partial charge >= 0.3 is 12.0 Å². The van der Waals surface area contributed by atoms with Gasteiger partial charge < -0.3 is 25.2 Å². The first kappa shape index (κ1) is 28.6. The number of hydrogen-bond donors (Lipinski definition) is 3. The molecule has 1 aromatic carbocycles. The summed E-state index contributed by atoms with van der Waals surface area (Å²) < 4.78 is 10.7. The van der Waals surface area contributed by atoms with Crippen molar-refractivity contribution < 1.29 is 24.2 Å². The fraction of sp³-hybridized carbons (Fsp3) is 0.680. The van der Waals surface area contributed by atoms with Crippen molar-refractivity contribution in [2.24, 2.45) is 5.92 Å². The molecule has 1 atom stereocenters. The summed E-state index contributed by atoms with van der Waals surface area (Å²) in [5.41, 5.74) is 0.834. The first-order chi connectivity index (χ1) is 15.8. The van der Waals surface area contributed by atoms with Crippen LogP contribution in [0.1, 0.15) is 65.9 Å². The van der Waals surface area contributed by atoms with E-state index in [1.54, 1.807) is 18.2 Å². The lowest BCUT2D eigenvalue weighted by molar-refractivity contribution is -0.151. The number of likely N-dealkylation sites (tertiary alicyclic amines) is 1. The zero-order valence-corrected chi connectivity index (χ0v) is 21.1. The van der Waals surface area contributed by atoms with E-state index >= 15 is 0 Å². The van der Waals surface area contributed by atoms with Gasteiger partial charge in [0.1, 0.15) is 6.10 Å². The number of phenolic OH excluding ortho intramolecular Hbond substituents is 1. The fourth-order valence-electron chi connectivity index (χ4n) is 3.72. The summed E-state index contributed by atoms with van der Waals surface area (Å²) in [6.45, 7) is 12.4. The minimum atomic E-state index is -0.232. The maximum atomic E-state index is 12.2. The molecule has 0 spiro atoms. The summed E-state index contributed by atoms with van der Waals surface area (Å²) in [4.78, 5) is 26.5. The third-order valence-electron chi connectivity index (χ3n) is 5.46. The Kier molecular flexibility index (Phi) is 13.3. The summed E-state index contributed by atoms with van der Waals surface area (Å²) in [5.74, 6) is 0.777. The predicted molar refractivity (Wildman–Crippen MR) is 130 cm³/mol. The highest BCUT2D eigenvalue weighted by atomic mass is 16.5. The quantitative estimate of drug-likeness (QED) is 0.451. The molecule has 0 radical (unpaired) electrons. The lowest BCUT2D eigenvalue weighted by Crippen LogP contribution is -2.48. The van der Waals surface area contributed by atoms with Crippen LogP contribution in [-0.4, -0.2) is 60.9 Å². The molecular formula is C25H43N3O5. The summed E-state index contributed by atoms with van der Waals surface area (Å²) in [6.07, 6.45) is 3.29. The normalized spacial score (nSPS) is 15.2. The first-order valence-corrected chi connectivity index (χ1v) is 12.1. The molecule has 1 heterocycles. The van der Waals surface area contributed by atoms with Gasteiger partial charge in [-0.2, -0.15) is 0 Å². The number of rotatable bonds is 10. The second-order valence-electron chi connectivity index (χ2n) is 8.53. The summed E-state index contributed by atoms with van der Waals surface area (Å²) >= 11 is 0. The zero-order valence-electron chi connectivity index (χ0n) is 21.1. The van der Waals surface area contributed by atoms with Crippen molar-refractivity contribution in [1.82, 2.24) is 15.5 Å². The van der Waals surface area contributed by atoms with Crippen LogP contribution in [0, 0.1) is 5.92 Å². The topological polar surface area (TPSA) is 100 Å². The third-order valence-corrected chi connectivity index (χ3v) is 5.46. The van der Waals surface area contributed by atoms with E-state index in [9.17, 15) is 14.7 Å². The second kappa shape index (κ2) is 15.4. The number of piperidine rings is 1. The minimum Gasteiger partial charge on any atom is -0.504 e. The molecule has 1 saturated heterocycles. The Balaban J connectivity index is 0.00000265. The van der Waals surface area contributed by atoms with Crippen LogP contribution in [0.4, 0.5) is 4.79 Å². The van der Waals surface area contributed by atoms with Gasteiger partial charge in [0.2, 0.25) is 0 Å². The number of benzene rings is 1. The number of methoxy groups -OCH3 is 1. The van der Waals surface area contributed by atoms with Crippen molar-refractivity contribution in [3.8, 4) is 11.5 Å². The molecule has 0 aliphatic carbocycles. The lowest BCUT2D eigenvalue weighted by atomic mass is 10.0. The van der Waals surface area contributed by atoms with E-state index in [0.29, 0.717) is 24.8 Å². The van der Waals surface area contributed by atoms with Gasteiger partial charge in [0.05, 0.1) is 13.7 Å². The largest absolute Gasteiger partial charge is 0.504 e. The molecule has 8 heteroatoms. The van der Waals surface area contributed by atoms with Gasteiger partial charge in [-0.3, -0.25) is 9.69 Å². The molecule has 3 N–H and O–H groups in total. The first-order valence-electron chi connectivity index (χ1n) is 12.1. The Morgan fingerprint density at radius 2 is 1.88 bits per heavy atom. The Labute approximate surface area is 199 Å². The van der Waals surface area contributed by atoms with Crippen molar-refractivity contribution >= 4 is 12.0 Å². The molecule has 0 aromatic heterocycles. The summed E-state index contributed by atoms with van der Waals surface area (Å²) in [5, 5.41) is 15.5. The van der Waals surface area contributed by atoms with Gasteiger partial charge in [-0.1, -0.05) is 40.7 Å². The molecule has 1 aliphatic rings. The van der Waals surface area contributed by atoms with Gasteiger partial charge in [0.15, 0.2) is 11.5 Å². The smallest absolute Gasteiger partial charge is 0.320 e. The van der Waals surface area contributed by atoms with Crippen molar-refractivity contribution in [3.05, 3.63) is 23.8 Å². The number of ether oxygens (including phenoxy) is 2. The van der Waals surface area contributed by atoms with Gasteiger partial charge in [-0.05, 0) is 49.3 Å². The highest BCUT2D eigenvalue weighted by Gasteiger charge is 2.23. The fourth-order valence-corrected chi connectivity index (χ4v) is 3.72. The zero-order chi connectivity index (χ0) is 24.8. The number of nitrogens with one attached hydrogen (secondary N) is 2. The highest BCUT2D eigenvalue weighted by molar-refractivity contribution is 5.74. The molecule has 1 aromatic rings. The number of hydrogen-bond acceptors (Lipinski definition) is 6. The van der Waals surface area contributed by atoms with E-state index in [1.165, 1.54) is 7.11 Å². The maximum Gasteiger partial charge on any atom is 0.320 e. The molecule has 0 saturated carbocycles. The predicted octanol–water partition coefficient (Wildman–Crippen LogP) is 4.06. The Morgan fingerprint density at radius 3 is 2.45 bits per heavy atom. The van der Waals surface area contributed by atoms with Crippen LogP contribution in [0.15, 0.2) is 18.2 Å². The van der Waals surface area contributed by atoms with Crippen molar-refractivity contribution in [3.63, 3.8) is 0 Å². The van der Waals surface area contributed by atoms with Crippen LogP contribution in [-0.2, 0) is 16.1 Å². The SMILES string of the molecule is CC.CCC(CC(C)C)OC(=O)CN1CCC(NC(=O)NCc2ccc(O)c(OC)c2)CC1. The van der Waals surface area contributed by atoms with Crippen LogP contribution in [0.3, 0.4) is 0 Å². The Hall–Kier alpha value is -2.48. The van der Waals surface area contributed by atoms with Crippen LogP contribution in [0.25, 0.3) is 0 Å². The number of urea groups is 1. The number of esters is 1. The van der Waals surface area contributed by atoms with Crippen molar-refractivity contribution in [2.45, 2.75) is 79.0 Å². The molecule has 1 unspecified atom stereocenters. The van der Waals surface area contributed by atoms with Crippen LogP contribution in [0.2, 0.25) is 0 Å². The molecule has 8 nitrogen and oxygen atoms in total. The van der Waals surface area contributed by atoms with Crippen LogP contribution < -0.4 is 15.4 Å². The van der Waals surface area contributed by atoms with Gasteiger partial charge in [0.25, 0.3) is 0 Å². The van der Waals surface area contributed by atoms with Gasteiger partial charge in [-0.15, -0.1) is 0 Å². The highest BCUT2D eigenvalue weighted by Crippen LogP contribution is 2.26. The standard InChI is InChI=1S/C23H37N3O5.C2H6/c1-5-19(12-16(2)3)31-22(28)15-26-10-8-18(9-11-26)25-23(29)24-14-17-6-7-20(27)21(13-17)30-4;1-2/h6-7,13,16,18-19,27H,5,8-12,14-15H2,1-4H3,(H2,24,25,29);1-2H3. The number of phenols is 1. The van der Waals surface area contributed by atoms with Gasteiger partial charge in [0, 0.05) is 25.7 Å². The van der Waals surface area contributed by atoms with E-state index < -0.39 is 0 Å². The van der Waals surface area contributed by atoms with E-state index in [1.807, 2.05) is 20.8 Å². The third kappa shape index (κ3) is 10.8. The average molecular weight is 466 g/mol. The number of aromatic hydroxyl groups is 1. The average Bonchev–Trinajstić information content (AvgIpc) is 2.80. The van der Waals surface area contributed by atoms with E-state index in [2.05, 4.69) is 29.4 Å². The number of amides is 2.